The molecule has 1 fully saturated rings. The molecule has 2 atom stereocenters. The molecule has 0 aliphatic carbocycles. The Balaban J connectivity index is 1.76. The standard InChI is InChI=1S/C20H23NO4/c1-24-17-8-6-14(7-9-17)10-20(23)21-13-16(22)12-19(21)15-4-3-5-18(11-15)25-2/h3-9,11,16,19,22H,10,12-13H2,1-2H3/t16-,19+/m1/s1. The van der Waals surface area contributed by atoms with Crippen molar-refractivity contribution >= 4 is 5.91 Å². The van der Waals surface area contributed by atoms with Crippen molar-refractivity contribution in [2.45, 2.75) is 25.0 Å². The third kappa shape index (κ3) is 3.94. The fraction of sp³-hybridized carbons (Fsp3) is 0.350. The van der Waals surface area contributed by atoms with Crippen LogP contribution in [0.4, 0.5) is 0 Å². The molecule has 3 rings (SSSR count). The predicted molar refractivity (Wildman–Crippen MR) is 94.8 cm³/mol. The molecule has 1 saturated heterocycles. The summed E-state index contributed by atoms with van der Waals surface area (Å²) in [7, 11) is 3.24. The van der Waals surface area contributed by atoms with E-state index in [2.05, 4.69) is 0 Å². The van der Waals surface area contributed by atoms with E-state index in [0.29, 0.717) is 19.4 Å². The van der Waals surface area contributed by atoms with E-state index in [4.69, 9.17) is 9.47 Å². The normalized spacial score (nSPS) is 19.7. The number of amides is 1. The van der Waals surface area contributed by atoms with Crippen molar-refractivity contribution < 1.29 is 19.4 Å². The summed E-state index contributed by atoms with van der Waals surface area (Å²) in [5.41, 5.74) is 1.91. The van der Waals surface area contributed by atoms with E-state index in [1.807, 2.05) is 48.5 Å². The summed E-state index contributed by atoms with van der Waals surface area (Å²) in [6, 6.07) is 15.0. The number of hydrogen-bond donors (Lipinski definition) is 1. The van der Waals surface area contributed by atoms with Gasteiger partial charge < -0.3 is 19.5 Å². The van der Waals surface area contributed by atoms with E-state index < -0.39 is 6.10 Å². The molecular formula is C20H23NO4. The summed E-state index contributed by atoms with van der Waals surface area (Å²) in [6.45, 7) is 0.358. The van der Waals surface area contributed by atoms with Crippen LogP contribution in [-0.4, -0.2) is 42.8 Å². The molecule has 0 unspecified atom stereocenters. The van der Waals surface area contributed by atoms with E-state index in [0.717, 1.165) is 22.6 Å². The second-order valence-corrected chi connectivity index (χ2v) is 6.25. The molecule has 1 N–H and O–H groups in total. The van der Waals surface area contributed by atoms with Gasteiger partial charge in [0.15, 0.2) is 0 Å². The minimum Gasteiger partial charge on any atom is -0.497 e. The zero-order chi connectivity index (χ0) is 17.8. The van der Waals surface area contributed by atoms with E-state index in [1.165, 1.54) is 0 Å². The Morgan fingerprint density at radius 1 is 1.12 bits per heavy atom. The maximum Gasteiger partial charge on any atom is 0.227 e. The molecule has 0 aromatic heterocycles. The molecule has 0 spiro atoms. The van der Waals surface area contributed by atoms with Gasteiger partial charge >= 0.3 is 0 Å². The molecule has 0 bridgehead atoms. The lowest BCUT2D eigenvalue weighted by molar-refractivity contribution is -0.131. The third-order valence-electron chi connectivity index (χ3n) is 4.59. The summed E-state index contributed by atoms with van der Waals surface area (Å²) in [5, 5.41) is 10.1. The number of hydrogen-bond acceptors (Lipinski definition) is 4. The number of carbonyl (C=O) groups is 1. The fourth-order valence-electron chi connectivity index (χ4n) is 3.27. The Labute approximate surface area is 147 Å². The minimum absolute atomic E-state index is 0.00883. The first-order valence-corrected chi connectivity index (χ1v) is 8.35. The number of β-amino-alcohol motifs (C(OH)–C–C–N with tert-alkyl or cyclic N) is 1. The first kappa shape index (κ1) is 17.3. The fourth-order valence-corrected chi connectivity index (χ4v) is 3.27. The summed E-state index contributed by atoms with van der Waals surface area (Å²) >= 11 is 0. The quantitative estimate of drug-likeness (QED) is 0.908. The number of benzene rings is 2. The van der Waals surface area contributed by atoms with Crippen LogP contribution in [0.5, 0.6) is 11.5 Å². The van der Waals surface area contributed by atoms with Gasteiger partial charge in [0.2, 0.25) is 5.91 Å². The van der Waals surface area contributed by atoms with Gasteiger partial charge in [0.25, 0.3) is 0 Å². The van der Waals surface area contributed by atoms with Crippen LogP contribution in [0.1, 0.15) is 23.6 Å². The van der Waals surface area contributed by atoms with Gasteiger partial charge in [-0.05, 0) is 41.8 Å². The van der Waals surface area contributed by atoms with Crippen LogP contribution in [0, 0.1) is 0 Å². The zero-order valence-corrected chi connectivity index (χ0v) is 14.5. The number of likely N-dealkylation sites (tertiary alicyclic amines) is 1. The number of ether oxygens (including phenoxy) is 2. The molecule has 0 radical (unpaired) electrons. The van der Waals surface area contributed by atoms with Crippen LogP contribution in [0.25, 0.3) is 0 Å². The maximum absolute atomic E-state index is 12.8. The zero-order valence-electron chi connectivity index (χ0n) is 14.5. The highest BCUT2D eigenvalue weighted by Crippen LogP contribution is 2.34. The Kier molecular flexibility index (Phi) is 5.24. The molecule has 1 aliphatic rings. The lowest BCUT2D eigenvalue weighted by Gasteiger charge is -2.25. The Morgan fingerprint density at radius 3 is 2.52 bits per heavy atom. The Morgan fingerprint density at radius 2 is 1.84 bits per heavy atom. The summed E-state index contributed by atoms with van der Waals surface area (Å²) < 4.78 is 10.4. The molecule has 25 heavy (non-hydrogen) atoms. The third-order valence-corrected chi connectivity index (χ3v) is 4.59. The average molecular weight is 341 g/mol. The smallest absolute Gasteiger partial charge is 0.227 e. The van der Waals surface area contributed by atoms with Gasteiger partial charge in [-0.15, -0.1) is 0 Å². The molecule has 132 valence electrons. The minimum atomic E-state index is -0.504. The van der Waals surface area contributed by atoms with Crippen molar-refractivity contribution in [3.05, 3.63) is 59.7 Å². The van der Waals surface area contributed by atoms with Crippen molar-refractivity contribution in [3.8, 4) is 11.5 Å². The molecule has 2 aromatic carbocycles. The summed E-state index contributed by atoms with van der Waals surface area (Å²) in [6.07, 6.45) is 0.342. The van der Waals surface area contributed by atoms with Gasteiger partial charge in [-0.1, -0.05) is 24.3 Å². The van der Waals surface area contributed by atoms with Crippen molar-refractivity contribution in [2.24, 2.45) is 0 Å². The number of rotatable bonds is 5. The van der Waals surface area contributed by atoms with Crippen molar-refractivity contribution in [3.63, 3.8) is 0 Å². The van der Waals surface area contributed by atoms with Crippen LogP contribution < -0.4 is 9.47 Å². The molecule has 2 aromatic rings. The van der Waals surface area contributed by atoms with Gasteiger partial charge in [-0.25, -0.2) is 0 Å². The van der Waals surface area contributed by atoms with Gasteiger partial charge in [0.1, 0.15) is 11.5 Å². The molecule has 0 saturated carbocycles. The SMILES string of the molecule is COc1ccc(CC(=O)N2C[C@H](O)C[C@H]2c2cccc(OC)c2)cc1. The molecule has 1 amide bonds. The Bertz CT molecular complexity index is 729. The monoisotopic (exact) mass is 341 g/mol. The molecule has 5 heteroatoms. The lowest BCUT2D eigenvalue weighted by Crippen LogP contribution is -2.33. The van der Waals surface area contributed by atoms with E-state index in [1.54, 1.807) is 19.1 Å². The van der Waals surface area contributed by atoms with Crippen LogP contribution in [-0.2, 0) is 11.2 Å². The number of carbonyl (C=O) groups excluding carboxylic acids is 1. The topological polar surface area (TPSA) is 59.0 Å². The highest BCUT2D eigenvalue weighted by atomic mass is 16.5. The van der Waals surface area contributed by atoms with Crippen molar-refractivity contribution in [1.29, 1.82) is 0 Å². The number of aliphatic hydroxyl groups is 1. The summed E-state index contributed by atoms with van der Waals surface area (Å²) in [5.74, 6) is 1.53. The largest absolute Gasteiger partial charge is 0.497 e. The van der Waals surface area contributed by atoms with Gasteiger partial charge in [-0.2, -0.15) is 0 Å². The number of aliphatic hydroxyl groups excluding tert-OH is 1. The van der Waals surface area contributed by atoms with Crippen molar-refractivity contribution in [1.82, 2.24) is 4.90 Å². The lowest BCUT2D eigenvalue weighted by atomic mass is 10.0. The van der Waals surface area contributed by atoms with E-state index in [-0.39, 0.29) is 11.9 Å². The molecule has 1 aliphatic heterocycles. The van der Waals surface area contributed by atoms with E-state index >= 15 is 0 Å². The first-order valence-electron chi connectivity index (χ1n) is 8.35. The maximum atomic E-state index is 12.8. The number of methoxy groups -OCH3 is 2. The second-order valence-electron chi connectivity index (χ2n) is 6.25. The van der Waals surface area contributed by atoms with Gasteiger partial charge in [-0.3, -0.25) is 4.79 Å². The van der Waals surface area contributed by atoms with Gasteiger partial charge in [0.05, 0.1) is 32.8 Å². The second kappa shape index (κ2) is 7.57. The van der Waals surface area contributed by atoms with Crippen LogP contribution in [0.3, 0.4) is 0 Å². The van der Waals surface area contributed by atoms with Crippen LogP contribution in [0.15, 0.2) is 48.5 Å². The predicted octanol–water partition coefficient (Wildman–Crippen LogP) is 2.58. The number of nitrogens with zero attached hydrogens (tertiary/aromatic N) is 1. The molecular weight excluding hydrogens is 318 g/mol. The van der Waals surface area contributed by atoms with E-state index in [9.17, 15) is 9.90 Å². The molecule has 5 nitrogen and oxygen atoms in total. The summed E-state index contributed by atoms with van der Waals surface area (Å²) in [4.78, 5) is 14.6. The van der Waals surface area contributed by atoms with Crippen molar-refractivity contribution in [2.75, 3.05) is 20.8 Å². The van der Waals surface area contributed by atoms with Crippen LogP contribution in [0.2, 0.25) is 0 Å². The Hall–Kier alpha value is -2.53. The first-order chi connectivity index (χ1) is 12.1. The highest BCUT2D eigenvalue weighted by molar-refractivity contribution is 5.79. The highest BCUT2D eigenvalue weighted by Gasteiger charge is 2.35. The molecule has 1 heterocycles. The average Bonchev–Trinajstić information content (AvgIpc) is 3.04. The van der Waals surface area contributed by atoms with Crippen LogP contribution >= 0.6 is 0 Å². The van der Waals surface area contributed by atoms with Gasteiger partial charge in [0, 0.05) is 6.54 Å².